The average Bonchev–Trinajstić information content (AvgIpc) is 2.75. The van der Waals surface area contributed by atoms with Gasteiger partial charge in [-0.1, -0.05) is 44.2 Å². The summed E-state index contributed by atoms with van der Waals surface area (Å²) >= 11 is 0. The quantitative estimate of drug-likeness (QED) is 0.531. The molecule has 2 rings (SSSR count). The molecule has 5 heteroatoms. The normalized spacial score (nSPS) is 16.1. The number of nitrogens with one attached hydrogen (secondary N) is 2. The first-order chi connectivity index (χ1) is 13.6. The van der Waals surface area contributed by atoms with Gasteiger partial charge in [-0.2, -0.15) is 0 Å². The number of hydrogen-bond donors (Lipinski definition) is 2. The van der Waals surface area contributed by atoms with Crippen molar-refractivity contribution >= 4 is 11.9 Å². The van der Waals surface area contributed by atoms with Gasteiger partial charge in [-0.3, -0.25) is 9.79 Å². The number of aliphatic imine (C=N–C) groups is 1. The molecule has 2 N–H and O–H groups in total. The maximum Gasteiger partial charge on any atom is 0.220 e. The van der Waals surface area contributed by atoms with Crippen molar-refractivity contribution in [1.29, 1.82) is 0 Å². The minimum atomic E-state index is 0.0828. The van der Waals surface area contributed by atoms with E-state index in [4.69, 9.17) is 4.99 Å². The third-order valence-corrected chi connectivity index (χ3v) is 6.27. The molecule has 0 aliphatic carbocycles. The molecule has 0 radical (unpaired) electrons. The smallest absolute Gasteiger partial charge is 0.220 e. The Bertz CT molecular complexity index is 617. The van der Waals surface area contributed by atoms with Gasteiger partial charge in [0.25, 0.3) is 0 Å². The Kier molecular flexibility index (Phi) is 8.81. The molecule has 1 aromatic carbocycles. The number of guanidine groups is 1. The fourth-order valence-corrected chi connectivity index (χ4v) is 4.13. The number of carbonyl (C=O) groups is 1. The van der Waals surface area contributed by atoms with Crippen molar-refractivity contribution in [3.63, 3.8) is 0 Å². The van der Waals surface area contributed by atoms with Gasteiger partial charge in [0.15, 0.2) is 5.96 Å². The second kappa shape index (κ2) is 11.1. The van der Waals surface area contributed by atoms with E-state index in [1.165, 1.54) is 5.56 Å². The van der Waals surface area contributed by atoms with Crippen LogP contribution in [0.5, 0.6) is 0 Å². The summed E-state index contributed by atoms with van der Waals surface area (Å²) in [5, 5.41) is 6.23. The van der Waals surface area contributed by atoms with Crippen molar-refractivity contribution in [1.82, 2.24) is 15.5 Å². The Morgan fingerprint density at radius 3 is 2.32 bits per heavy atom. The number of amides is 1. The summed E-state index contributed by atoms with van der Waals surface area (Å²) in [6.07, 6.45) is 4.88. The van der Waals surface area contributed by atoms with E-state index in [9.17, 15) is 4.79 Å². The van der Waals surface area contributed by atoms with Gasteiger partial charge in [0.1, 0.15) is 0 Å². The molecule has 1 saturated heterocycles. The predicted molar refractivity (Wildman–Crippen MR) is 118 cm³/mol. The highest BCUT2D eigenvalue weighted by atomic mass is 16.1. The van der Waals surface area contributed by atoms with Gasteiger partial charge < -0.3 is 15.5 Å². The highest BCUT2D eigenvalue weighted by molar-refractivity contribution is 5.80. The predicted octanol–water partition coefficient (Wildman–Crippen LogP) is 3.56. The third-order valence-electron chi connectivity index (χ3n) is 6.27. The van der Waals surface area contributed by atoms with Gasteiger partial charge in [0, 0.05) is 38.5 Å². The van der Waals surface area contributed by atoms with Crippen molar-refractivity contribution < 1.29 is 4.79 Å². The number of rotatable bonds is 8. The lowest BCUT2D eigenvalue weighted by molar-refractivity contribution is -0.121. The summed E-state index contributed by atoms with van der Waals surface area (Å²) < 4.78 is 0. The van der Waals surface area contributed by atoms with Gasteiger partial charge >= 0.3 is 0 Å². The lowest BCUT2D eigenvalue weighted by Crippen LogP contribution is -2.46. The Morgan fingerprint density at radius 1 is 1.14 bits per heavy atom. The van der Waals surface area contributed by atoms with Crippen molar-refractivity contribution in [3.8, 4) is 0 Å². The molecule has 1 aliphatic rings. The lowest BCUT2D eigenvalue weighted by Gasteiger charge is -2.35. The Balaban J connectivity index is 2.08. The van der Waals surface area contributed by atoms with Gasteiger partial charge in [-0.15, -0.1) is 0 Å². The Labute approximate surface area is 171 Å². The minimum Gasteiger partial charge on any atom is -0.359 e. The zero-order valence-electron chi connectivity index (χ0n) is 18.1. The summed E-state index contributed by atoms with van der Waals surface area (Å²) in [5.41, 5.74) is 1.46. The van der Waals surface area contributed by atoms with E-state index >= 15 is 0 Å². The van der Waals surface area contributed by atoms with E-state index in [2.05, 4.69) is 66.6 Å². The van der Waals surface area contributed by atoms with Crippen LogP contribution >= 0.6 is 0 Å². The topological polar surface area (TPSA) is 56.7 Å². The fraction of sp³-hybridized carbons (Fsp3) is 0.652. The van der Waals surface area contributed by atoms with Gasteiger partial charge in [0.05, 0.1) is 6.54 Å². The molecule has 0 bridgehead atoms. The maximum atomic E-state index is 11.7. The number of piperidine rings is 1. The minimum absolute atomic E-state index is 0.0828. The van der Waals surface area contributed by atoms with Crippen LogP contribution in [0.25, 0.3) is 0 Å². The molecule has 0 aromatic heterocycles. The standard InChI is InChI=1S/C23H38N4O/c1-5-23(6-2,20-11-9-8-10-12-20)18-26-22(25-7-3)27-15-13-19(14-16-27)17-21(28)24-4/h8-12,19H,5-7,13-18H2,1-4H3,(H,24,28)(H,25,26). The van der Waals surface area contributed by atoms with E-state index < -0.39 is 0 Å². The molecule has 5 nitrogen and oxygen atoms in total. The number of benzene rings is 1. The third kappa shape index (κ3) is 5.73. The molecule has 0 unspecified atom stereocenters. The van der Waals surface area contributed by atoms with Crippen LogP contribution in [0.4, 0.5) is 0 Å². The van der Waals surface area contributed by atoms with Crippen molar-refractivity contribution in [2.75, 3.05) is 33.2 Å². The first-order valence-electron chi connectivity index (χ1n) is 10.9. The summed E-state index contributed by atoms with van der Waals surface area (Å²) in [6.45, 7) is 10.2. The molecule has 28 heavy (non-hydrogen) atoms. The van der Waals surface area contributed by atoms with Crippen molar-refractivity contribution in [2.24, 2.45) is 10.9 Å². The molecule has 0 saturated carbocycles. The fourth-order valence-electron chi connectivity index (χ4n) is 4.13. The average molecular weight is 387 g/mol. The zero-order chi connectivity index (χ0) is 20.4. The number of hydrogen-bond acceptors (Lipinski definition) is 2. The zero-order valence-corrected chi connectivity index (χ0v) is 18.1. The largest absolute Gasteiger partial charge is 0.359 e. The van der Waals surface area contributed by atoms with E-state index in [-0.39, 0.29) is 11.3 Å². The highest BCUT2D eigenvalue weighted by Gasteiger charge is 2.29. The first-order valence-corrected chi connectivity index (χ1v) is 10.9. The molecule has 1 heterocycles. The van der Waals surface area contributed by atoms with Crippen LogP contribution in [0.1, 0.15) is 58.4 Å². The van der Waals surface area contributed by atoms with Crippen molar-refractivity contribution in [3.05, 3.63) is 35.9 Å². The second-order valence-corrected chi connectivity index (χ2v) is 7.83. The van der Waals surface area contributed by atoms with Crippen LogP contribution in [0.3, 0.4) is 0 Å². The summed E-state index contributed by atoms with van der Waals surface area (Å²) in [5.74, 6) is 1.65. The molecule has 1 aliphatic heterocycles. The molecule has 1 amide bonds. The second-order valence-electron chi connectivity index (χ2n) is 7.83. The molecule has 1 fully saturated rings. The molecular formula is C23H38N4O. The lowest BCUT2D eigenvalue weighted by atomic mass is 9.76. The number of likely N-dealkylation sites (tertiary alicyclic amines) is 1. The monoisotopic (exact) mass is 386 g/mol. The van der Waals surface area contributed by atoms with Gasteiger partial charge in [0.2, 0.25) is 5.91 Å². The maximum absolute atomic E-state index is 11.7. The van der Waals surface area contributed by atoms with Crippen LogP contribution in [0.2, 0.25) is 0 Å². The van der Waals surface area contributed by atoms with Crippen LogP contribution in [0.15, 0.2) is 35.3 Å². The highest BCUT2D eigenvalue weighted by Crippen LogP contribution is 2.32. The van der Waals surface area contributed by atoms with E-state index in [0.29, 0.717) is 12.3 Å². The van der Waals surface area contributed by atoms with Crippen LogP contribution in [-0.4, -0.2) is 50.0 Å². The number of carbonyl (C=O) groups excluding carboxylic acids is 1. The van der Waals surface area contributed by atoms with Gasteiger partial charge in [-0.25, -0.2) is 0 Å². The molecule has 156 valence electrons. The first kappa shape index (κ1) is 22.3. The van der Waals surface area contributed by atoms with E-state index in [1.807, 2.05) is 0 Å². The molecule has 1 aromatic rings. The van der Waals surface area contributed by atoms with Gasteiger partial charge in [-0.05, 0) is 44.1 Å². The molecule has 0 atom stereocenters. The van der Waals surface area contributed by atoms with E-state index in [1.54, 1.807) is 7.05 Å². The SMILES string of the molecule is CCNC(=NCC(CC)(CC)c1ccccc1)N1CCC(CC(=O)NC)CC1. The van der Waals surface area contributed by atoms with E-state index in [0.717, 1.165) is 57.8 Å². The van der Waals surface area contributed by atoms with Crippen LogP contribution in [0, 0.1) is 5.92 Å². The number of nitrogens with zero attached hydrogens (tertiary/aromatic N) is 2. The van der Waals surface area contributed by atoms with Crippen molar-refractivity contribution in [2.45, 2.75) is 58.3 Å². The van der Waals surface area contributed by atoms with Crippen LogP contribution in [-0.2, 0) is 10.2 Å². The summed E-state index contributed by atoms with van der Waals surface area (Å²) in [7, 11) is 1.72. The Hall–Kier alpha value is -2.04. The Morgan fingerprint density at radius 2 is 1.79 bits per heavy atom. The molecule has 0 spiro atoms. The summed E-state index contributed by atoms with van der Waals surface area (Å²) in [6, 6.07) is 10.8. The summed E-state index contributed by atoms with van der Waals surface area (Å²) in [4.78, 5) is 19.1. The van der Waals surface area contributed by atoms with Crippen LogP contribution < -0.4 is 10.6 Å². The molecular weight excluding hydrogens is 348 g/mol.